The largest absolute Gasteiger partial charge is 0.372 e. The van der Waals surface area contributed by atoms with Crippen molar-refractivity contribution in [1.82, 2.24) is 4.90 Å². The van der Waals surface area contributed by atoms with Crippen molar-refractivity contribution in [1.29, 1.82) is 0 Å². The summed E-state index contributed by atoms with van der Waals surface area (Å²) in [4.78, 5) is 2.10. The second kappa shape index (κ2) is 6.09. The molecule has 2 rings (SSSR count). The SMILES string of the molecule is CN(C)CCOCC1=NS(=O)(=O)c2ccc(Cl)cc2N1. The Bertz CT molecular complexity index is 629. The summed E-state index contributed by atoms with van der Waals surface area (Å²) in [5.41, 5.74) is 0.429. The molecule has 0 spiro atoms. The molecule has 1 aliphatic rings. The van der Waals surface area contributed by atoms with Crippen molar-refractivity contribution in [3.63, 3.8) is 0 Å². The number of hydrogen-bond donors (Lipinski definition) is 1. The summed E-state index contributed by atoms with van der Waals surface area (Å²) in [6, 6.07) is 4.52. The van der Waals surface area contributed by atoms with Crippen molar-refractivity contribution in [2.24, 2.45) is 4.40 Å². The molecule has 0 atom stereocenters. The van der Waals surface area contributed by atoms with E-state index in [0.29, 0.717) is 17.3 Å². The van der Waals surface area contributed by atoms with Crippen LogP contribution in [0.15, 0.2) is 27.5 Å². The predicted octanol–water partition coefficient (Wildman–Crippen LogP) is 1.43. The molecule has 0 aliphatic carbocycles. The first-order valence-corrected chi connectivity index (χ1v) is 7.83. The second-order valence-corrected chi connectivity index (χ2v) is 6.64. The van der Waals surface area contributed by atoms with E-state index in [1.807, 2.05) is 19.0 Å². The Balaban J connectivity index is 2.09. The highest BCUT2D eigenvalue weighted by Gasteiger charge is 2.24. The zero-order valence-corrected chi connectivity index (χ0v) is 12.8. The van der Waals surface area contributed by atoms with Gasteiger partial charge in [-0.3, -0.25) is 0 Å². The van der Waals surface area contributed by atoms with E-state index in [0.717, 1.165) is 6.54 Å². The van der Waals surface area contributed by atoms with Crippen molar-refractivity contribution < 1.29 is 13.2 Å². The molecule has 1 aliphatic heterocycles. The number of likely N-dealkylation sites (N-methyl/N-ethyl adjacent to an activating group) is 1. The summed E-state index contributed by atoms with van der Waals surface area (Å²) in [5.74, 6) is 0.263. The molecular weight excluding hydrogens is 302 g/mol. The maximum atomic E-state index is 12.0. The molecule has 0 unspecified atom stereocenters. The Labute approximate surface area is 123 Å². The van der Waals surface area contributed by atoms with E-state index < -0.39 is 10.0 Å². The molecule has 0 saturated carbocycles. The minimum absolute atomic E-state index is 0.110. The number of ether oxygens (including phenoxy) is 1. The van der Waals surface area contributed by atoms with Crippen LogP contribution < -0.4 is 5.32 Å². The highest BCUT2D eigenvalue weighted by molar-refractivity contribution is 7.90. The van der Waals surface area contributed by atoms with Gasteiger partial charge >= 0.3 is 0 Å². The number of benzene rings is 1. The van der Waals surface area contributed by atoms with Gasteiger partial charge in [0.2, 0.25) is 0 Å². The van der Waals surface area contributed by atoms with Crippen molar-refractivity contribution in [3.05, 3.63) is 23.2 Å². The number of fused-ring (bicyclic) bond motifs is 1. The molecular formula is C12H16ClN3O3S. The summed E-state index contributed by atoms with van der Waals surface area (Å²) in [5, 5.41) is 3.39. The van der Waals surface area contributed by atoms with Crippen LogP contribution >= 0.6 is 11.6 Å². The molecule has 0 fully saturated rings. The van der Waals surface area contributed by atoms with Crippen LogP contribution in [-0.2, 0) is 14.8 Å². The van der Waals surface area contributed by atoms with Crippen LogP contribution in [0.4, 0.5) is 5.69 Å². The van der Waals surface area contributed by atoms with Gasteiger partial charge in [0.05, 0.1) is 12.3 Å². The fourth-order valence-electron chi connectivity index (χ4n) is 1.68. The van der Waals surface area contributed by atoms with Crippen molar-refractivity contribution in [2.75, 3.05) is 39.2 Å². The average molecular weight is 318 g/mol. The minimum Gasteiger partial charge on any atom is -0.372 e. The maximum absolute atomic E-state index is 12.0. The van der Waals surface area contributed by atoms with Gasteiger partial charge in [0.15, 0.2) is 0 Å². The summed E-state index contributed by atoms with van der Waals surface area (Å²) in [7, 11) is 0.181. The lowest BCUT2D eigenvalue weighted by atomic mass is 10.3. The normalized spacial score (nSPS) is 16.5. The number of sulfonamides is 1. The summed E-state index contributed by atoms with van der Waals surface area (Å²) in [6.07, 6.45) is 0. The van der Waals surface area contributed by atoms with Gasteiger partial charge in [0, 0.05) is 11.6 Å². The number of hydrogen-bond acceptors (Lipinski definition) is 5. The molecule has 0 saturated heterocycles. The Kier molecular flexibility index (Phi) is 4.64. The number of rotatable bonds is 5. The third kappa shape index (κ3) is 3.69. The molecule has 0 amide bonds. The van der Waals surface area contributed by atoms with E-state index >= 15 is 0 Å². The summed E-state index contributed by atoms with van der Waals surface area (Å²) >= 11 is 5.87. The van der Waals surface area contributed by atoms with E-state index in [1.165, 1.54) is 12.1 Å². The average Bonchev–Trinajstić information content (AvgIpc) is 2.33. The molecule has 8 heteroatoms. The molecule has 1 heterocycles. The van der Waals surface area contributed by atoms with Gasteiger partial charge in [-0.1, -0.05) is 11.6 Å². The first-order valence-electron chi connectivity index (χ1n) is 6.01. The van der Waals surface area contributed by atoms with Crippen LogP contribution in [0.5, 0.6) is 0 Å². The number of nitrogens with one attached hydrogen (secondary N) is 1. The number of amidine groups is 1. The smallest absolute Gasteiger partial charge is 0.286 e. The maximum Gasteiger partial charge on any atom is 0.286 e. The Morgan fingerprint density at radius 1 is 1.40 bits per heavy atom. The molecule has 1 aromatic carbocycles. The lowest BCUT2D eigenvalue weighted by Gasteiger charge is -2.18. The first-order chi connectivity index (χ1) is 9.38. The minimum atomic E-state index is -3.69. The first kappa shape index (κ1) is 15.2. The molecule has 1 N–H and O–H groups in total. The van der Waals surface area contributed by atoms with Crippen LogP contribution in [0.25, 0.3) is 0 Å². The number of anilines is 1. The molecule has 110 valence electrons. The standard InChI is InChI=1S/C12H16ClN3O3S/c1-16(2)5-6-19-8-12-14-10-7-9(13)3-4-11(10)20(17,18)15-12/h3-4,7H,5-6,8H2,1-2H3,(H,14,15). The second-order valence-electron chi connectivity index (χ2n) is 4.63. The quantitative estimate of drug-likeness (QED) is 0.832. The Morgan fingerprint density at radius 3 is 2.85 bits per heavy atom. The van der Waals surface area contributed by atoms with Gasteiger partial charge in [-0.2, -0.15) is 8.42 Å². The van der Waals surface area contributed by atoms with Gasteiger partial charge in [-0.25, -0.2) is 0 Å². The van der Waals surface area contributed by atoms with Crippen molar-refractivity contribution in [3.8, 4) is 0 Å². The highest BCUT2D eigenvalue weighted by Crippen LogP contribution is 2.29. The third-order valence-corrected chi connectivity index (χ3v) is 4.26. The summed E-state index contributed by atoms with van der Waals surface area (Å²) < 4.78 is 33.1. The van der Waals surface area contributed by atoms with E-state index in [2.05, 4.69) is 9.71 Å². The van der Waals surface area contributed by atoms with Gasteiger partial charge in [-0.05, 0) is 32.3 Å². The van der Waals surface area contributed by atoms with E-state index in [4.69, 9.17) is 16.3 Å². The lowest BCUT2D eigenvalue weighted by molar-refractivity contribution is 0.149. The topological polar surface area (TPSA) is 71.0 Å². The number of nitrogens with zero attached hydrogens (tertiary/aromatic N) is 2. The molecule has 1 aromatic rings. The van der Waals surface area contributed by atoms with Crippen LogP contribution in [-0.4, -0.2) is 53.0 Å². The molecule has 0 aromatic heterocycles. The Hall–Kier alpha value is -1.15. The van der Waals surface area contributed by atoms with Gasteiger partial charge in [0.25, 0.3) is 10.0 Å². The van der Waals surface area contributed by atoms with Crippen LogP contribution in [0.3, 0.4) is 0 Å². The zero-order chi connectivity index (χ0) is 14.8. The zero-order valence-electron chi connectivity index (χ0n) is 11.3. The predicted molar refractivity (Wildman–Crippen MR) is 79.1 cm³/mol. The molecule has 0 bridgehead atoms. The third-order valence-electron chi connectivity index (χ3n) is 2.65. The van der Waals surface area contributed by atoms with Gasteiger partial charge in [0.1, 0.15) is 17.3 Å². The lowest BCUT2D eigenvalue weighted by Crippen LogP contribution is -2.27. The fraction of sp³-hybridized carbons (Fsp3) is 0.417. The molecule has 6 nitrogen and oxygen atoms in total. The Morgan fingerprint density at radius 2 is 2.15 bits per heavy atom. The van der Waals surface area contributed by atoms with Gasteiger partial charge < -0.3 is 15.0 Å². The van der Waals surface area contributed by atoms with E-state index in [1.54, 1.807) is 6.07 Å². The van der Waals surface area contributed by atoms with Gasteiger partial charge in [-0.15, -0.1) is 4.40 Å². The molecule has 20 heavy (non-hydrogen) atoms. The van der Waals surface area contributed by atoms with E-state index in [9.17, 15) is 8.42 Å². The number of halogens is 1. The summed E-state index contributed by atoms with van der Waals surface area (Å²) in [6.45, 7) is 1.36. The van der Waals surface area contributed by atoms with E-state index in [-0.39, 0.29) is 17.3 Å². The highest BCUT2D eigenvalue weighted by atomic mass is 35.5. The monoisotopic (exact) mass is 317 g/mol. The van der Waals surface area contributed by atoms with Crippen LogP contribution in [0.2, 0.25) is 5.02 Å². The van der Waals surface area contributed by atoms with Crippen LogP contribution in [0.1, 0.15) is 0 Å². The fourth-order valence-corrected chi connectivity index (χ4v) is 2.96. The van der Waals surface area contributed by atoms with Crippen LogP contribution in [0, 0.1) is 0 Å². The molecule has 0 radical (unpaired) electrons. The van der Waals surface area contributed by atoms with Crippen molar-refractivity contribution in [2.45, 2.75) is 4.90 Å². The van der Waals surface area contributed by atoms with Crippen molar-refractivity contribution >= 4 is 33.1 Å².